The van der Waals surface area contributed by atoms with E-state index in [4.69, 9.17) is 5.11 Å². The van der Waals surface area contributed by atoms with Crippen LogP contribution in [-0.2, 0) is 14.4 Å². The molecule has 7 heteroatoms. The smallest absolute Gasteiger partial charge is 0.328 e. The molecule has 0 aliphatic carbocycles. The predicted molar refractivity (Wildman–Crippen MR) is 158 cm³/mol. The third-order valence-corrected chi connectivity index (χ3v) is 5.12. The number of nitrogens with zero attached hydrogens (tertiary/aromatic N) is 1. The first-order valence-electron chi connectivity index (χ1n) is 13.5. The van der Waals surface area contributed by atoms with Crippen molar-refractivity contribution in [1.29, 1.82) is 0 Å². The van der Waals surface area contributed by atoms with Gasteiger partial charge in [0, 0.05) is 44.8 Å². The van der Waals surface area contributed by atoms with Crippen molar-refractivity contribution in [3.05, 3.63) is 85.1 Å². The van der Waals surface area contributed by atoms with Gasteiger partial charge in [-0.15, -0.1) is 0 Å². The number of allylic oxidation sites excluding steroid dienone is 12. The summed E-state index contributed by atoms with van der Waals surface area (Å²) in [7, 11) is 1.89. The van der Waals surface area contributed by atoms with Gasteiger partial charge in [-0.2, -0.15) is 0 Å². The molecule has 0 saturated carbocycles. The highest BCUT2D eigenvalue weighted by Gasteiger charge is 2.02. The highest BCUT2D eigenvalue weighted by molar-refractivity contribution is 5.93. The van der Waals surface area contributed by atoms with E-state index in [9.17, 15) is 14.4 Å². The summed E-state index contributed by atoms with van der Waals surface area (Å²) in [4.78, 5) is 35.7. The minimum atomic E-state index is -1.16. The van der Waals surface area contributed by atoms with Crippen molar-refractivity contribution in [1.82, 2.24) is 15.5 Å². The molecule has 2 amide bonds. The maximum absolute atomic E-state index is 11.9. The molecule has 0 aliphatic heterocycles. The third-order valence-electron chi connectivity index (χ3n) is 5.12. The van der Waals surface area contributed by atoms with E-state index < -0.39 is 11.9 Å². The number of hydrogen-bond donors (Lipinski definition) is 3. The van der Waals surface area contributed by atoms with Crippen LogP contribution in [0.4, 0.5) is 0 Å². The minimum Gasteiger partial charge on any atom is -0.478 e. The van der Waals surface area contributed by atoms with Crippen molar-refractivity contribution in [2.75, 3.05) is 33.2 Å². The molecule has 0 rings (SSSR count). The van der Waals surface area contributed by atoms with Gasteiger partial charge in [0.1, 0.15) is 0 Å². The van der Waals surface area contributed by atoms with Gasteiger partial charge >= 0.3 is 5.97 Å². The van der Waals surface area contributed by atoms with E-state index in [0.29, 0.717) is 39.0 Å². The predicted octanol–water partition coefficient (Wildman–Crippen LogP) is 5.27. The molecule has 0 aliphatic rings. The van der Waals surface area contributed by atoms with E-state index in [1.165, 1.54) is 0 Å². The van der Waals surface area contributed by atoms with Gasteiger partial charge in [-0.25, -0.2) is 4.79 Å². The topological polar surface area (TPSA) is 98.7 Å². The van der Waals surface area contributed by atoms with Crippen LogP contribution in [0, 0.1) is 0 Å². The first kappa shape index (κ1) is 34.6. The lowest BCUT2D eigenvalue weighted by atomic mass is 10.2. The van der Waals surface area contributed by atoms with E-state index in [0.717, 1.165) is 50.7 Å². The molecule has 0 unspecified atom stereocenters. The Labute approximate surface area is 229 Å². The second-order valence-electron chi connectivity index (χ2n) is 8.57. The van der Waals surface area contributed by atoms with Crippen molar-refractivity contribution in [2.45, 2.75) is 58.3 Å². The normalized spacial score (nSPS) is 12.6. The average Bonchev–Trinajstić information content (AvgIpc) is 2.88. The summed E-state index contributed by atoms with van der Waals surface area (Å²) in [6.45, 7) is 4.33. The second kappa shape index (κ2) is 26.6. The largest absolute Gasteiger partial charge is 0.478 e. The van der Waals surface area contributed by atoms with Crippen LogP contribution in [0.25, 0.3) is 0 Å². The molecular formula is C31H47N3O4. The zero-order valence-corrected chi connectivity index (χ0v) is 23.2. The molecule has 0 aromatic carbocycles. The molecule has 7 nitrogen and oxygen atoms in total. The number of hydrogen-bond acceptors (Lipinski definition) is 4. The molecule has 0 aromatic heterocycles. The molecule has 0 radical (unpaired) electrons. The Bertz CT molecular complexity index is 851. The number of carboxylic acids is 1. The summed E-state index contributed by atoms with van der Waals surface area (Å²) in [5.74, 6) is -1.58. The van der Waals surface area contributed by atoms with Crippen LogP contribution in [0.3, 0.4) is 0 Å². The van der Waals surface area contributed by atoms with E-state index in [-0.39, 0.29) is 5.91 Å². The molecule has 0 heterocycles. The zero-order chi connectivity index (χ0) is 28.1. The Kier molecular flexibility index (Phi) is 24.2. The van der Waals surface area contributed by atoms with Crippen LogP contribution in [0.15, 0.2) is 85.1 Å². The van der Waals surface area contributed by atoms with E-state index in [2.05, 4.69) is 84.4 Å². The molecule has 0 spiro atoms. The molecule has 0 bridgehead atoms. The van der Waals surface area contributed by atoms with E-state index in [1.54, 1.807) is 0 Å². The van der Waals surface area contributed by atoms with E-state index >= 15 is 0 Å². The summed E-state index contributed by atoms with van der Waals surface area (Å²) < 4.78 is 0. The Balaban J connectivity index is 3.68. The maximum atomic E-state index is 11.9. The highest BCUT2D eigenvalue weighted by Crippen LogP contribution is 1.98. The first-order valence-corrected chi connectivity index (χ1v) is 13.5. The summed E-state index contributed by atoms with van der Waals surface area (Å²) in [5.41, 5.74) is 0. The van der Waals surface area contributed by atoms with Crippen molar-refractivity contribution in [3.63, 3.8) is 0 Å². The molecular weight excluding hydrogens is 478 g/mol. The van der Waals surface area contributed by atoms with Crippen LogP contribution in [0.2, 0.25) is 0 Å². The van der Waals surface area contributed by atoms with Crippen LogP contribution >= 0.6 is 0 Å². The molecule has 0 fully saturated rings. The summed E-state index contributed by atoms with van der Waals surface area (Å²) in [5, 5.41) is 14.0. The van der Waals surface area contributed by atoms with E-state index in [1.807, 2.05) is 18.0 Å². The average molecular weight is 526 g/mol. The standard InChI is InChI=1S/C31H47N3O4/c1-3-4-5-6-7-8-9-10-11-12-13-14-15-16-17-18-19-20-21-22-29(35)32-25-27-34(2)28-26-33-30(36)23-24-31(37)38/h4-5,7-8,10-11,13-14,16-17,19-20,23-24H,3,6,9,12,15,18,21-22,25-28H2,1-2H3,(H,32,35)(H,33,36)(H,37,38)/b5-4-,8-7-,11-10-,14-13-,17-16-,20-19-,24-23?. The Hall–Kier alpha value is -3.45. The van der Waals surface area contributed by atoms with Gasteiger partial charge in [-0.3, -0.25) is 9.59 Å². The number of carboxylic acid groups (broad SMARTS) is 1. The molecule has 210 valence electrons. The Morgan fingerprint density at radius 1 is 0.658 bits per heavy atom. The number of carbonyl (C=O) groups excluding carboxylic acids is 2. The van der Waals surface area contributed by atoms with Gasteiger partial charge in [0.25, 0.3) is 0 Å². The van der Waals surface area contributed by atoms with Crippen molar-refractivity contribution < 1.29 is 19.5 Å². The monoisotopic (exact) mass is 525 g/mol. The van der Waals surface area contributed by atoms with Crippen molar-refractivity contribution in [3.8, 4) is 0 Å². The van der Waals surface area contributed by atoms with Gasteiger partial charge < -0.3 is 20.6 Å². The molecule has 0 aromatic rings. The third kappa shape index (κ3) is 27.1. The highest BCUT2D eigenvalue weighted by atomic mass is 16.4. The van der Waals surface area contributed by atoms with Crippen molar-refractivity contribution >= 4 is 17.8 Å². The van der Waals surface area contributed by atoms with Crippen LogP contribution in [0.5, 0.6) is 0 Å². The fourth-order valence-corrected chi connectivity index (χ4v) is 3.02. The van der Waals surface area contributed by atoms with Gasteiger partial charge in [0.15, 0.2) is 0 Å². The Morgan fingerprint density at radius 2 is 1.11 bits per heavy atom. The number of aliphatic carboxylic acids is 1. The fourth-order valence-electron chi connectivity index (χ4n) is 3.02. The number of amides is 2. The van der Waals surface area contributed by atoms with Crippen LogP contribution < -0.4 is 10.6 Å². The first-order chi connectivity index (χ1) is 18.5. The lowest BCUT2D eigenvalue weighted by Crippen LogP contribution is -2.37. The lowest BCUT2D eigenvalue weighted by molar-refractivity contribution is -0.131. The summed E-state index contributed by atoms with van der Waals surface area (Å²) >= 11 is 0. The van der Waals surface area contributed by atoms with Crippen LogP contribution in [0.1, 0.15) is 58.3 Å². The molecule has 0 atom stereocenters. The number of nitrogens with one attached hydrogen (secondary N) is 2. The zero-order valence-electron chi connectivity index (χ0n) is 23.2. The summed E-state index contributed by atoms with van der Waals surface area (Å²) in [6.07, 6.45) is 34.7. The van der Waals surface area contributed by atoms with Crippen molar-refractivity contribution in [2.24, 2.45) is 0 Å². The van der Waals surface area contributed by atoms with Gasteiger partial charge in [-0.05, 0) is 52.0 Å². The summed E-state index contributed by atoms with van der Waals surface area (Å²) in [6, 6.07) is 0. The quantitative estimate of drug-likeness (QED) is 0.132. The molecule has 0 saturated heterocycles. The van der Waals surface area contributed by atoms with Gasteiger partial charge in [-0.1, -0.05) is 79.8 Å². The number of rotatable bonds is 22. The molecule has 3 N–H and O–H groups in total. The van der Waals surface area contributed by atoms with Gasteiger partial charge in [0.05, 0.1) is 0 Å². The number of carbonyl (C=O) groups is 3. The fraction of sp³-hybridized carbons (Fsp3) is 0.452. The second-order valence-corrected chi connectivity index (χ2v) is 8.57. The molecule has 38 heavy (non-hydrogen) atoms. The number of likely N-dealkylation sites (N-methyl/N-ethyl adjacent to an activating group) is 1. The minimum absolute atomic E-state index is 0.0186. The maximum Gasteiger partial charge on any atom is 0.328 e. The Morgan fingerprint density at radius 3 is 1.58 bits per heavy atom. The lowest BCUT2D eigenvalue weighted by Gasteiger charge is -2.16. The van der Waals surface area contributed by atoms with Crippen LogP contribution in [-0.4, -0.2) is 61.0 Å². The van der Waals surface area contributed by atoms with Gasteiger partial charge in [0.2, 0.25) is 11.8 Å². The SMILES string of the molecule is CC/C=C\C/C=C\C/C=C\C/C=C\C/C=C\C/C=C\CCC(=O)NCCN(C)CCNC(=O)C=CC(=O)O.